The van der Waals surface area contributed by atoms with Crippen molar-refractivity contribution < 1.29 is 29.0 Å². The Hall–Kier alpha value is -2.67. The second-order valence-electron chi connectivity index (χ2n) is 5.71. The number of urea groups is 1. The number of amides is 2. The Morgan fingerprint density at radius 2 is 1.62 bits per heavy atom. The second-order valence-corrected chi connectivity index (χ2v) is 7.41. The molecular weight excluding hydrogens is 359 g/mol. The number of anilines is 1. The van der Waals surface area contributed by atoms with Crippen molar-refractivity contribution >= 4 is 25.3 Å². The van der Waals surface area contributed by atoms with E-state index >= 15 is 0 Å². The van der Waals surface area contributed by atoms with Gasteiger partial charge >= 0.3 is 19.6 Å². The Balaban J connectivity index is 2.02. The third-order valence-corrected chi connectivity index (χ3v) is 4.42. The van der Waals surface area contributed by atoms with Crippen LogP contribution in [-0.4, -0.2) is 39.1 Å². The third kappa shape index (κ3) is 6.68. The summed E-state index contributed by atoms with van der Waals surface area (Å²) in [6, 6.07) is 13.2. The molecule has 2 aromatic rings. The van der Waals surface area contributed by atoms with E-state index in [-0.39, 0.29) is 12.0 Å². The highest BCUT2D eigenvalue weighted by atomic mass is 31.2. The van der Waals surface area contributed by atoms with Crippen LogP contribution in [0.1, 0.15) is 15.9 Å². The molecule has 0 spiro atoms. The Kier molecular flexibility index (Phi) is 6.52. The van der Waals surface area contributed by atoms with Gasteiger partial charge in [0.15, 0.2) is 0 Å². The molecule has 0 radical (unpaired) electrons. The quantitative estimate of drug-likeness (QED) is 0.469. The first-order valence-electron chi connectivity index (χ1n) is 7.72. The van der Waals surface area contributed by atoms with E-state index in [1.165, 1.54) is 24.3 Å². The average molecular weight is 378 g/mol. The molecule has 0 saturated carbocycles. The van der Waals surface area contributed by atoms with Crippen molar-refractivity contribution in [3.8, 4) is 0 Å². The molecule has 1 atom stereocenters. The Morgan fingerprint density at radius 1 is 1.00 bits per heavy atom. The molecule has 2 aromatic carbocycles. The maximum atomic E-state index is 12.1. The van der Waals surface area contributed by atoms with Crippen LogP contribution in [0.5, 0.6) is 0 Å². The maximum Gasteiger partial charge on any atom is 0.335 e. The molecule has 5 N–H and O–H groups in total. The van der Waals surface area contributed by atoms with Crippen LogP contribution in [0.2, 0.25) is 0 Å². The number of carboxylic acid groups (broad SMARTS) is 1. The lowest BCUT2D eigenvalue weighted by Crippen LogP contribution is -2.41. The molecular formula is C17H19N2O6P. The fourth-order valence-electron chi connectivity index (χ4n) is 2.40. The van der Waals surface area contributed by atoms with Crippen molar-refractivity contribution in [3.63, 3.8) is 0 Å². The van der Waals surface area contributed by atoms with E-state index in [1.54, 1.807) is 24.3 Å². The van der Waals surface area contributed by atoms with E-state index in [0.29, 0.717) is 5.69 Å². The van der Waals surface area contributed by atoms with E-state index in [2.05, 4.69) is 10.6 Å². The maximum absolute atomic E-state index is 12.1. The Labute approximate surface area is 150 Å². The molecule has 138 valence electrons. The fourth-order valence-corrected chi connectivity index (χ4v) is 3.19. The number of carbonyl (C=O) groups excluding carboxylic acids is 1. The molecule has 26 heavy (non-hydrogen) atoms. The first-order chi connectivity index (χ1) is 12.2. The first kappa shape index (κ1) is 19.7. The zero-order chi connectivity index (χ0) is 19.2. The fraction of sp³-hybridized carbons (Fsp3) is 0.176. The zero-order valence-corrected chi connectivity index (χ0v) is 14.6. The zero-order valence-electron chi connectivity index (χ0n) is 13.7. The lowest BCUT2D eigenvalue weighted by molar-refractivity contribution is 0.0697. The summed E-state index contributed by atoms with van der Waals surface area (Å²) >= 11 is 0. The lowest BCUT2D eigenvalue weighted by Gasteiger charge is -2.20. The van der Waals surface area contributed by atoms with Gasteiger partial charge in [0, 0.05) is 11.7 Å². The summed E-state index contributed by atoms with van der Waals surface area (Å²) in [6.07, 6.45) is -0.232. The van der Waals surface area contributed by atoms with Crippen molar-refractivity contribution in [2.24, 2.45) is 0 Å². The first-order valence-corrected chi connectivity index (χ1v) is 9.52. The van der Waals surface area contributed by atoms with Gasteiger partial charge in [0.2, 0.25) is 0 Å². The van der Waals surface area contributed by atoms with Crippen LogP contribution in [0.25, 0.3) is 0 Å². The number of hydrogen-bond donors (Lipinski definition) is 5. The molecule has 8 nitrogen and oxygen atoms in total. The molecule has 0 aliphatic heterocycles. The summed E-state index contributed by atoms with van der Waals surface area (Å²) < 4.78 is 11.3. The summed E-state index contributed by atoms with van der Waals surface area (Å²) in [6.45, 7) is 0. The normalized spacial score (nSPS) is 12.2. The van der Waals surface area contributed by atoms with Crippen molar-refractivity contribution in [2.75, 3.05) is 11.5 Å². The average Bonchev–Trinajstić information content (AvgIpc) is 2.54. The third-order valence-electron chi connectivity index (χ3n) is 3.51. The number of benzene rings is 2. The van der Waals surface area contributed by atoms with Crippen molar-refractivity contribution in [1.82, 2.24) is 5.32 Å². The van der Waals surface area contributed by atoms with E-state index in [9.17, 15) is 23.9 Å². The van der Waals surface area contributed by atoms with Crippen LogP contribution < -0.4 is 10.6 Å². The lowest BCUT2D eigenvalue weighted by atomic mass is 10.1. The molecule has 0 saturated heterocycles. The van der Waals surface area contributed by atoms with Gasteiger partial charge in [-0.15, -0.1) is 0 Å². The van der Waals surface area contributed by atoms with Crippen LogP contribution in [0.15, 0.2) is 54.6 Å². The van der Waals surface area contributed by atoms with E-state index in [1.807, 2.05) is 6.07 Å². The number of carboxylic acids is 1. The van der Waals surface area contributed by atoms with Crippen molar-refractivity contribution in [2.45, 2.75) is 12.5 Å². The van der Waals surface area contributed by atoms with Gasteiger partial charge in [0.25, 0.3) is 0 Å². The van der Waals surface area contributed by atoms with Crippen LogP contribution in [0, 0.1) is 0 Å². The predicted molar refractivity (Wildman–Crippen MR) is 96.4 cm³/mol. The predicted octanol–water partition coefficient (Wildman–Crippen LogP) is 2.30. The van der Waals surface area contributed by atoms with Gasteiger partial charge in [0.1, 0.15) is 0 Å². The Morgan fingerprint density at radius 3 is 2.15 bits per heavy atom. The molecule has 2 amide bonds. The number of hydrogen-bond acceptors (Lipinski definition) is 3. The van der Waals surface area contributed by atoms with Crippen LogP contribution in [-0.2, 0) is 11.0 Å². The minimum atomic E-state index is -4.32. The molecule has 0 heterocycles. The smallest absolute Gasteiger partial charge is 0.335 e. The monoisotopic (exact) mass is 378 g/mol. The second kappa shape index (κ2) is 8.62. The molecule has 0 aromatic heterocycles. The summed E-state index contributed by atoms with van der Waals surface area (Å²) in [5, 5.41) is 13.9. The minimum absolute atomic E-state index is 0.0828. The topological polar surface area (TPSA) is 136 Å². The van der Waals surface area contributed by atoms with E-state index in [4.69, 9.17) is 5.11 Å². The highest BCUT2D eigenvalue weighted by Gasteiger charge is 2.23. The van der Waals surface area contributed by atoms with Gasteiger partial charge in [0.05, 0.1) is 11.7 Å². The van der Waals surface area contributed by atoms with Gasteiger partial charge in [-0.25, -0.2) is 9.59 Å². The van der Waals surface area contributed by atoms with Gasteiger partial charge in [-0.1, -0.05) is 30.3 Å². The largest absolute Gasteiger partial charge is 0.478 e. The molecule has 0 aliphatic rings. The number of aromatic carboxylic acids is 1. The van der Waals surface area contributed by atoms with E-state index < -0.39 is 31.8 Å². The minimum Gasteiger partial charge on any atom is -0.478 e. The highest BCUT2D eigenvalue weighted by Crippen LogP contribution is 2.35. The van der Waals surface area contributed by atoms with Gasteiger partial charge < -0.3 is 25.5 Å². The molecule has 0 fully saturated rings. The van der Waals surface area contributed by atoms with Crippen molar-refractivity contribution in [1.29, 1.82) is 0 Å². The number of rotatable bonds is 7. The van der Waals surface area contributed by atoms with Gasteiger partial charge in [-0.3, -0.25) is 4.57 Å². The van der Waals surface area contributed by atoms with E-state index in [0.717, 1.165) is 5.56 Å². The molecule has 9 heteroatoms. The van der Waals surface area contributed by atoms with Gasteiger partial charge in [-0.2, -0.15) is 0 Å². The summed E-state index contributed by atoms with van der Waals surface area (Å²) in [5.74, 6) is -1.08. The summed E-state index contributed by atoms with van der Waals surface area (Å²) in [4.78, 5) is 41.4. The van der Waals surface area contributed by atoms with Crippen LogP contribution >= 0.6 is 7.60 Å². The Bertz CT molecular complexity index is 804. The van der Waals surface area contributed by atoms with Gasteiger partial charge in [-0.05, 0) is 36.2 Å². The summed E-state index contributed by atoms with van der Waals surface area (Å²) in [7, 11) is -4.32. The number of nitrogens with one attached hydrogen (secondary N) is 2. The highest BCUT2D eigenvalue weighted by molar-refractivity contribution is 7.51. The molecule has 2 rings (SSSR count). The van der Waals surface area contributed by atoms with Crippen molar-refractivity contribution in [3.05, 3.63) is 65.7 Å². The van der Waals surface area contributed by atoms with Crippen LogP contribution in [0.4, 0.5) is 10.5 Å². The van der Waals surface area contributed by atoms with Crippen LogP contribution in [0.3, 0.4) is 0 Å². The number of carbonyl (C=O) groups is 2. The molecule has 0 bridgehead atoms. The standard InChI is InChI=1S/C17H19N2O6P/c20-16(21)13-6-8-14(9-7-13)18-17(22)19-15(11-26(23,24)25)10-12-4-2-1-3-5-12/h1-9,15H,10-11H2,(H,20,21)(H2,18,19,22)(H2,23,24,25). The summed E-state index contributed by atoms with van der Waals surface area (Å²) in [5.41, 5.74) is 1.28. The molecule has 0 aliphatic carbocycles. The SMILES string of the molecule is O=C(Nc1ccc(C(=O)O)cc1)NC(Cc1ccccc1)CP(=O)(O)O. The molecule has 1 unspecified atom stereocenters.